The average molecular weight is 398 g/mol. The Balaban J connectivity index is 2.08. The first-order chi connectivity index (χ1) is 13.2. The van der Waals surface area contributed by atoms with Crippen molar-refractivity contribution < 1.29 is 31.5 Å². The molecule has 0 atom stereocenters. The summed E-state index contributed by atoms with van der Waals surface area (Å²) in [6, 6.07) is 7.13. The SMILES string of the molecule is CCCCCc1ccc(C(=O)Oc2ccc(C=CC(F)(F)F)c(F)c2)c(F)c1. The Morgan fingerprint density at radius 2 is 1.79 bits per heavy atom. The zero-order chi connectivity index (χ0) is 20.7. The van der Waals surface area contributed by atoms with Gasteiger partial charge in [0, 0.05) is 17.7 Å². The Morgan fingerprint density at radius 3 is 2.39 bits per heavy atom. The number of hydrogen-bond acceptors (Lipinski definition) is 2. The van der Waals surface area contributed by atoms with E-state index in [1.807, 2.05) is 0 Å². The fraction of sp³-hybridized carbons (Fsp3) is 0.286. The van der Waals surface area contributed by atoms with Gasteiger partial charge >= 0.3 is 12.1 Å². The van der Waals surface area contributed by atoms with E-state index >= 15 is 0 Å². The summed E-state index contributed by atoms with van der Waals surface area (Å²) in [7, 11) is 0. The van der Waals surface area contributed by atoms with Gasteiger partial charge in [-0.3, -0.25) is 0 Å². The van der Waals surface area contributed by atoms with E-state index in [1.165, 1.54) is 12.1 Å². The summed E-state index contributed by atoms with van der Waals surface area (Å²) in [5.41, 5.74) is 0.134. The van der Waals surface area contributed by atoms with Gasteiger partial charge in [0.1, 0.15) is 17.4 Å². The average Bonchev–Trinajstić information content (AvgIpc) is 2.60. The van der Waals surface area contributed by atoms with Crippen molar-refractivity contribution in [3.05, 3.63) is 70.8 Å². The van der Waals surface area contributed by atoms with Crippen LogP contribution in [0.5, 0.6) is 5.75 Å². The minimum atomic E-state index is -4.57. The van der Waals surface area contributed by atoms with Crippen molar-refractivity contribution >= 4 is 12.0 Å². The normalized spacial score (nSPS) is 11.8. The van der Waals surface area contributed by atoms with Crippen LogP contribution in [0.1, 0.15) is 47.7 Å². The van der Waals surface area contributed by atoms with Crippen molar-refractivity contribution in [1.29, 1.82) is 0 Å². The number of carbonyl (C=O) groups is 1. The van der Waals surface area contributed by atoms with E-state index < -0.39 is 23.8 Å². The van der Waals surface area contributed by atoms with Crippen molar-refractivity contribution in [3.8, 4) is 5.75 Å². The predicted molar refractivity (Wildman–Crippen MR) is 96.1 cm³/mol. The van der Waals surface area contributed by atoms with E-state index in [0.717, 1.165) is 43.0 Å². The van der Waals surface area contributed by atoms with Gasteiger partial charge in [0.15, 0.2) is 0 Å². The summed E-state index contributed by atoms with van der Waals surface area (Å²) >= 11 is 0. The molecule has 0 aliphatic heterocycles. The van der Waals surface area contributed by atoms with Crippen LogP contribution in [0.3, 0.4) is 0 Å². The second kappa shape index (κ2) is 9.48. The smallest absolute Gasteiger partial charge is 0.409 e. The molecule has 0 aromatic heterocycles. The van der Waals surface area contributed by atoms with E-state index in [1.54, 1.807) is 6.07 Å². The molecule has 0 bridgehead atoms. The number of halogens is 5. The third-order valence-corrected chi connectivity index (χ3v) is 3.96. The molecule has 0 saturated carbocycles. The van der Waals surface area contributed by atoms with E-state index in [4.69, 9.17) is 4.74 Å². The van der Waals surface area contributed by atoms with Gasteiger partial charge in [0.25, 0.3) is 0 Å². The lowest BCUT2D eigenvalue weighted by molar-refractivity contribution is -0.0790. The quantitative estimate of drug-likeness (QED) is 0.231. The van der Waals surface area contributed by atoms with Crippen LogP contribution in [0.25, 0.3) is 6.08 Å². The van der Waals surface area contributed by atoms with Gasteiger partial charge < -0.3 is 4.74 Å². The van der Waals surface area contributed by atoms with E-state index in [-0.39, 0.29) is 23.0 Å². The number of carbonyl (C=O) groups excluding carboxylic acids is 1. The largest absolute Gasteiger partial charge is 0.423 e. The standard InChI is InChI=1S/C21H19F5O2/c1-2-3-4-5-14-6-9-17(19(23)12-14)20(27)28-16-8-7-15(18(22)13-16)10-11-21(24,25)26/h6-13H,2-5H2,1H3. The number of rotatable bonds is 7. The van der Waals surface area contributed by atoms with E-state index in [2.05, 4.69) is 6.92 Å². The third-order valence-electron chi connectivity index (χ3n) is 3.96. The molecule has 2 rings (SSSR count). The fourth-order valence-corrected chi connectivity index (χ4v) is 2.51. The molecule has 2 nitrogen and oxygen atoms in total. The lowest BCUT2D eigenvalue weighted by Gasteiger charge is -2.08. The van der Waals surface area contributed by atoms with Crippen molar-refractivity contribution in [2.24, 2.45) is 0 Å². The first-order valence-electron chi connectivity index (χ1n) is 8.75. The van der Waals surface area contributed by atoms with Crippen molar-refractivity contribution in [3.63, 3.8) is 0 Å². The minimum Gasteiger partial charge on any atom is -0.423 e. The highest BCUT2D eigenvalue weighted by molar-refractivity contribution is 5.91. The number of hydrogen-bond donors (Lipinski definition) is 0. The molecule has 28 heavy (non-hydrogen) atoms. The molecule has 7 heteroatoms. The Kier molecular flexibility index (Phi) is 7.31. The summed E-state index contributed by atoms with van der Waals surface area (Å²) in [5.74, 6) is -3.00. The Labute approximate surface area is 159 Å². The molecular formula is C21H19F5O2. The zero-order valence-corrected chi connectivity index (χ0v) is 15.2. The molecular weight excluding hydrogens is 379 g/mol. The van der Waals surface area contributed by atoms with E-state index in [9.17, 15) is 26.7 Å². The number of esters is 1. The van der Waals surface area contributed by atoms with Gasteiger partial charge in [-0.15, -0.1) is 0 Å². The van der Waals surface area contributed by atoms with Crippen LogP contribution in [0.15, 0.2) is 42.5 Å². The number of alkyl halides is 3. The Morgan fingerprint density at radius 1 is 1.04 bits per heavy atom. The predicted octanol–water partition coefficient (Wildman–Crippen LogP) is 6.49. The number of allylic oxidation sites excluding steroid dienone is 1. The second-order valence-electron chi connectivity index (χ2n) is 6.22. The monoisotopic (exact) mass is 398 g/mol. The summed E-state index contributed by atoms with van der Waals surface area (Å²) in [6.45, 7) is 2.06. The highest BCUT2D eigenvalue weighted by atomic mass is 19.4. The Bertz CT molecular complexity index is 856. The maximum atomic E-state index is 14.2. The molecule has 0 amide bonds. The van der Waals surface area contributed by atoms with Crippen LogP contribution >= 0.6 is 0 Å². The molecule has 2 aromatic carbocycles. The molecule has 0 aliphatic carbocycles. The molecule has 150 valence electrons. The first-order valence-corrected chi connectivity index (χ1v) is 8.75. The van der Waals surface area contributed by atoms with Crippen LogP contribution in [-0.2, 0) is 6.42 Å². The molecule has 0 saturated heterocycles. The van der Waals surface area contributed by atoms with Crippen LogP contribution < -0.4 is 4.74 Å². The molecule has 0 unspecified atom stereocenters. The summed E-state index contributed by atoms with van der Waals surface area (Å²) in [5, 5.41) is 0. The topological polar surface area (TPSA) is 26.3 Å². The third kappa shape index (κ3) is 6.48. The molecule has 0 N–H and O–H groups in total. The zero-order valence-electron chi connectivity index (χ0n) is 15.2. The van der Waals surface area contributed by atoms with Crippen LogP contribution in [0, 0.1) is 11.6 Å². The lowest BCUT2D eigenvalue weighted by atomic mass is 10.0. The molecule has 0 fully saturated rings. The molecule has 2 aromatic rings. The van der Waals surface area contributed by atoms with Crippen molar-refractivity contribution in [1.82, 2.24) is 0 Å². The summed E-state index contributed by atoms with van der Waals surface area (Å²) in [6.07, 6.45) is -0.448. The van der Waals surface area contributed by atoms with Crippen LogP contribution in [-0.4, -0.2) is 12.1 Å². The van der Waals surface area contributed by atoms with Crippen molar-refractivity contribution in [2.45, 2.75) is 38.8 Å². The number of aryl methyl sites for hydroxylation is 1. The number of unbranched alkanes of at least 4 members (excludes halogenated alkanes) is 2. The second-order valence-corrected chi connectivity index (χ2v) is 6.22. The number of ether oxygens (including phenoxy) is 1. The first kappa shape index (κ1) is 21.6. The maximum absolute atomic E-state index is 14.2. The summed E-state index contributed by atoms with van der Waals surface area (Å²) < 4.78 is 69.4. The molecule has 0 radical (unpaired) electrons. The highest BCUT2D eigenvalue weighted by Gasteiger charge is 2.22. The molecule has 0 aliphatic rings. The van der Waals surface area contributed by atoms with Gasteiger partial charge in [0.05, 0.1) is 5.56 Å². The number of benzene rings is 2. The van der Waals surface area contributed by atoms with E-state index in [0.29, 0.717) is 12.5 Å². The Hall–Kier alpha value is -2.70. The summed E-state index contributed by atoms with van der Waals surface area (Å²) in [4.78, 5) is 12.1. The van der Waals surface area contributed by atoms with Crippen LogP contribution in [0.4, 0.5) is 22.0 Å². The fourth-order valence-electron chi connectivity index (χ4n) is 2.51. The van der Waals surface area contributed by atoms with Gasteiger partial charge in [-0.2, -0.15) is 13.2 Å². The maximum Gasteiger partial charge on any atom is 0.409 e. The molecule has 0 spiro atoms. The van der Waals surface area contributed by atoms with Gasteiger partial charge in [-0.25, -0.2) is 13.6 Å². The van der Waals surface area contributed by atoms with Gasteiger partial charge in [0.2, 0.25) is 0 Å². The highest BCUT2D eigenvalue weighted by Crippen LogP contribution is 2.23. The molecule has 0 heterocycles. The van der Waals surface area contributed by atoms with Crippen molar-refractivity contribution in [2.75, 3.05) is 0 Å². The van der Waals surface area contributed by atoms with Gasteiger partial charge in [-0.1, -0.05) is 25.8 Å². The van der Waals surface area contributed by atoms with Gasteiger partial charge in [-0.05, 0) is 48.7 Å². The minimum absolute atomic E-state index is 0.103. The van der Waals surface area contributed by atoms with Crippen LogP contribution in [0.2, 0.25) is 0 Å². The lowest BCUT2D eigenvalue weighted by Crippen LogP contribution is -2.11.